The second-order valence-electron chi connectivity index (χ2n) is 4.96. The molecule has 0 radical (unpaired) electrons. The van der Waals surface area contributed by atoms with Gasteiger partial charge >= 0.3 is 0 Å². The molecule has 0 bridgehead atoms. The molecule has 7 nitrogen and oxygen atoms in total. The number of imidazole rings is 1. The minimum Gasteiger partial charge on any atom is -0.369 e. The fourth-order valence-corrected chi connectivity index (χ4v) is 2.68. The molecule has 1 aliphatic rings. The number of nitrogens with one attached hydrogen (secondary N) is 1. The molecule has 3 N–H and O–H groups in total. The van der Waals surface area contributed by atoms with E-state index >= 15 is 0 Å². The van der Waals surface area contributed by atoms with Crippen LogP contribution in [0.1, 0.15) is 25.5 Å². The first kappa shape index (κ1) is 12.0. The first-order valence-corrected chi connectivity index (χ1v) is 6.58. The maximum Gasteiger partial charge on any atom is 0.220 e. The summed E-state index contributed by atoms with van der Waals surface area (Å²) in [6, 6.07) is 0.132. The normalized spacial score (nSPS) is 19.3. The van der Waals surface area contributed by atoms with Crippen molar-refractivity contribution < 1.29 is 4.79 Å². The van der Waals surface area contributed by atoms with Crippen molar-refractivity contribution in [1.29, 1.82) is 0 Å². The first-order valence-electron chi connectivity index (χ1n) is 6.58. The number of hydrogen-bond donors (Lipinski definition) is 2. The number of nitrogens with zero attached hydrogens (tertiary/aromatic N) is 4. The van der Waals surface area contributed by atoms with Crippen LogP contribution >= 0.6 is 0 Å². The molecule has 1 saturated heterocycles. The minimum absolute atomic E-state index is 0.111. The van der Waals surface area contributed by atoms with Crippen molar-refractivity contribution in [3.05, 3.63) is 5.69 Å². The van der Waals surface area contributed by atoms with Crippen LogP contribution in [0.15, 0.2) is 0 Å². The molecule has 2 aromatic heterocycles. The van der Waals surface area contributed by atoms with Gasteiger partial charge in [0.05, 0.1) is 5.69 Å². The van der Waals surface area contributed by atoms with Gasteiger partial charge in [-0.25, -0.2) is 9.67 Å². The summed E-state index contributed by atoms with van der Waals surface area (Å²) < 4.78 is 3.86. The predicted octanol–water partition coefficient (Wildman–Crippen LogP) is 0.422. The molecule has 1 aliphatic heterocycles. The van der Waals surface area contributed by atoms with E-state index in [-0.39, 0.29) is 11.9 Å². The average molecular weight is 262 g/mol. The molecule has 3 rings (SSSR count). The van der Waals surface area contributed by atoms with Crippen LogP contribution in [0.3, 0.4) is 0 Å². The number of rotatable bonds is 3. The Balaban J connectivity index is 2.02. The Bertz CT molecular complexity index is 640. The lowest BCUT2D eigenvalue weighted by Gasteiger charge is -2.13. The van der Waals surface area contributed by atoms with E-state index in [0.29, 0.717) is 18.9 Å². The van der Waals surface area contributed by atoms with Crippen molar-refractivity contribution in [3.63, 3.8) is 0 Å². The van der Waals surface area contributed by atoms with E-state index in [0.717, 1.165) is 29.8 Å². The summed E-state index contributed by atoms with van der Waals surface area (Å²) >= 11 is 0. The Hall–Kier alpha value is -2.05. The van der Waals surface area contributed by atoms with Crippen molar-refractivity contribution in [1.82, 2.24) is 24.6 Å². The van der Waals surface area contributed by atoms with Crippen molar-refractivity contribution in [2.45, 2.75) is 45.8 Å². The van der Waals surface area contributed by atoms with Crippen LogP contribution in [0.5, 0.6) is 0 Å². The Kier molecular flexibility index (Phi) is 2.69. The second-order valence-corrected chi connectivity index (χ2v) is 4.96. The van der Waals surface area contributed by atoms with Gasteiger partial charge in [-0.05, 0) is 20.3 Å². The maximum absolute atomic E-state index is 11.3. The lowest BCUT2D eigenvalue weighted by atomic mass is 10.2. The summed E-state index contributed by atoms with van der Waals surface area (Å²) in [5.41, 5.74) is 8.68. The lowest BCUT2D eigenvalue weighted by Crippen LogP contribution is -2.30. The largest absolute Gasteiger partial charge is 0.369 e. The maximum atomic E-state index is 11.3. The molecule has 102 valence electrons. The van der Waals surface area contributed by atoms with Crippen molar-refractivity contribution in [2.75, 3.05) is 5.73 Å². The number of hydrogen-bond acceptors (Lipinski definition) is 4. The molecule has 1 atom stereocenters. The molecule has 0 aliphatic carbocycles. The van der Waals surface area contributed by atoms with E-state index in [9.17, 15) is 4.79 Å². The molecule has 1 amide bonds. The highest BCUT2D eigenvalue weighted by Gasteiger charge is 2.24. The highest BCUT2D eigenvalue weighted by molar-refractivity contribution is 5.79. The average Bonchev–Trinajstić information content (AvgIpc) is 3.00. The zero-order valence-electron chi connectivity index (χ0n) is 11.2. The number of anilines is 1. The van der Waals surface area contributed by atoms with Crippen molar-refractivity contribution in [2.24, 2.45) is 0 Å². The van der Waals surface area contributed by atoms with Crippen LogP contribution in [-0.4, -0.2) is 31.3 Å². The molecule has 7 heteroatoms. The van der Waals surface area contributed by atoms with E-state index in [4.69, 9.17) is 5.73 Å². The van der Waals surface area contributed by atoms with Gasteiger partial charge < -0.3 is 11.1 Å². The monoisotopic (exact) mass is 262 g/mol. The van der Waals surface area contributed by atoms with Crippen molar-refractivity contribution >= 4 is 23.0 Å². The van der Waals surface area contributed by atoms with Crippen LogP contribution in [0.25, 0.3) is 11.2 Å². The zero-order valence-corrected chi connectivity index (χ0v) is 11.2. The molecule has 2 aromatic rings. The summed E-state index contributed by atoms with van der Waals surface area (Å²) in [5, 5.41) is 7.41. The Morgan fingerprint density at radius 1 is 1.53 bits per heavy atom. The van der Waals surface area contributed by atoms with Crippen molar-refractivity contribution in [3.8, 4) is 0 Å². The quantitative estimate of drug-likeness (QED) is 0.838. The van der Waals surface area contributed by atoms with Gasteiger partial charge in [0.25, 0.3) is 0 Å². The Labute approximate surface area is 110 Å². The SMILES string of the molecule is CCn1nc(C)c2nc(N)n(CC3CCC(=O)N3)c21. The van der Waals surface area contributed by atoms with E-state index in [1.54, 1.807) is 0 Å². The molecule has 1 unspecified atom stereocenters. The van der Waals surface area contributed by atoms with E-state index in [1.165, 1.54) is 0 Å². The summed E-state index contributed by atoms with van der Waals surface area (Å²) in [6.07, 6.45) is 1.44. The fourth-order valence-electron chi connectivity index (χ4n) is 2.68. The van der Waals surface area contributed by atoms with Crippen LogP contribution in [0.4, 0.5) is 5.95 Å². The number of nitrogens with two attached hydrogens (primary N) is 1. The Morgan fingerprint density at radius 2 is 2.32 bits per heavy atom. The summed E-state index contributed by atoms with van der Waals surface area (Å²) in [7, 11) is 0. The number of aromatic nitrogens is 4. The third kappa shape index (κ3) is 1.85. The first-order chi connectivity index (χ1) is 9.10. The Morgan fingerprint density at radius 3 is 2.95 bits per heavy atom. The zero-order chi connectivity index (χ0) is 13.6. The number of amides is 1. The van der Waals surface area contributed by atoms with Crippen LogP contribution in [-0.2, 0) is 17.9 Å². The second kappa shape index (κ2) is 4.25. The van der Waals surface area contributed by atoms with E-state index in [1.807, 2.05) is 23.1 Å². The minimum atomic E-state index is 0.111. The summed E-state index contributed by atoms with van der Waals surface area (Å²) in [4.78, 5) is 15.7. The molecule has 1 fully saturated rings. The van der Waals surface area contributed by atoms with Crippen LogP contribution < -0.4 is 11.1 Å². The third-order valence-corrected chi connectivity index (χ3v) is 3.62. The summed E-state index contributed by atoms with van der Waals surface area (Å²) in [5.74, 6) is 0.596. The topological polar surface area (TPSA) is 90.8 Å². The van der Waals surface area contributed by atoms with Gasteiger partial charge in [-0.1, -0.05) is 0 Å². The molecule has 3 heterocycles. The van der Waals surface area contributed by atoms with E-state index < -0.39 is 0 Å². The molecule has 0 spiro atoms. The fraction of sp³-hybridized carbons (Fsp3) is 0.583. The van der Waals surface area contributed by atoms with Gasteiger partial charge in [-0.15, -0.1) is 0 Å². The smallest absolute Gasteiger partial charge is 0.220 e. The molecule has 0 aromatic carbocycles. The van der Waals surface area contributed by atoms with Crippen LogP contribution in [0, 0.1) is 6.92 Å². The highest BCUT2D eigenvalue weighted by atomic mass is 16.1. The molecular weight excluding hydrogens is 244 g/mol. The van der Waals surface area contributed by atoms with Gasteiger partial charge in [0.15, 0.2) is 5.65 Å². The third-order valence-electron chi connectivity index (χ3n) is 3.62. The number of aryl methyl sites for hydroxylation is 2. The van der Waals surface area contributed by atoms with Gasteiger partial charge in [0.1, 0.15) is 5.52 Å². The van der Waals surface area contributed by atoms with Gasteiger partial charge in [0.2, 0.25) is 11.9 Å². The number of nitrogen functional groups attached to an aromatic ring is 1. The number of fused-ring (bicyclic) bond motifs is 1. The number of carbonyl (C=O) groups is 1. The van der Waals surface area contributed by atoms with Gasteiger partial charge in [0, 0.05) is 25.6 Å². The van der Waals surface area contributed by atoms with Gasteiger partial charge in [-0.3, -0.25) is 9.36 Å². The lowest BCUT2D eigenvalue weighted by molar-refractivity contribution is -0.119. The predicted molar refractivity (Wildman–Crippen MR) is 71.5 cm³/mol. The van der Waals surface area contributed by atoms with Crippen LogP contribution in [0.2, 0.25) is 0 Å². The summed E-state index contributed by atoms with van der Waals surface area (Å²) in [6.45, 7) is 5.39. The van der Waals surface area contributed by atoms with E-state index in [2.05, 4.69) is 15.4 Å². The highest BCUT2D eigenvalue weighted by Crippen LogP contribution is 2.22. The molecule has 19 heavy (non-hydrogen) atoms. The standard InChI is InChI=1S/C12H18N6O/c1-3-18-11-10(7(2)16-18)15-12(13)17(11)6-8-4-5-9(19)14-8/h8H,3-6H2,1-2H3,(H2,13,15)(H,14,19). The van der Waals surface area contributed by atoms with Gasteiger partial charge in [-0.2, -0.15) is 5.10 Å². The molecule has 0 saturated carbocycles. The number of carbonyl (C=O) groups excluding carboxylic acids is 1. The molecular formula is C12H18N6O.